The van der Waals surface area contributed by atoms with Gasteiger partial charge in [-0.25, -0.2) is 13.8 Å². The number of nitrogens with zero attached hydrogens (tertiary/aromatic N) is 8. The van der Waals surface area contributed by atoms with Crippen LogP contribution in [-0.2, 0) is 9.53 Å². The molecule has 5 rings (SSSR count). The number of halogens is 2. The minimum atomic E-state index is -2.81. The third-order valence-electron chi connectivity index (χ3n) is 5.92. The summed E-state index contributed by atoms with van der Waals surface area (Å²) in [5, 5.41) is 0. The fourth-order valence-electron chi connectivity index (χ4n) is 4.15. The number of morpholine rings is 1. The van der Waals surface area contributed by atoms with E-state index in [1.54, 1.807) is 29.2 Å². The van der Waals surface area contributed by atoms with E-state index in [9.17, 15) is 13.6 Å². The Kier molecular flexibility index (Phi) is 8.59. The summed E-state index contributed by atoms with van der Waals surface area (Å²) in [7, 11) is 0. The number of fused-ring (bicyclic) bond motifs is 1. The van der Waals surface area contributed by atoms with E-state index in [0.29, 0.717) is 75.4 Å². The van der Waals surface area contributed by atoms with Crippen LogP contribution in [0.15, 0.2) is 36.9 Å². The standard InChI is InChI=1S/C22H24F2N8O2.C3H8/c1-2-17(33)29-7-9-30(10-8-29)20-26-21(31-11-13-34-14-12-31)28-22(27-20)32-16-6-4-3-5-15(16)25-19(32)18(23)24;1-3-2/h2-6,18H,1,7-14H2;3H2,1-2H3. The van der Waals surface area contributed by atoms with Gasteiger partial charge in [0.25, 0.3) is 6.43 Å². The highest BCUT2D eigenvalue weighted by molar-refractivity contribution is 5.87. The number of rotatable bonds is 5. The van der Waals surface area contributed by atoms with E-state index in [1.807, 2.05) is 9.80 Å². The highest BCUT2D eigenvalue weighted by Gasteiger charge is 2.27. The van der Waals surface area contributed by atoms with Crippen LogP contribution in [0.2, 0.25) is 0 Å². The first-order valence-electron chi connectivity index (χ1n) is 12.5. The van der Waals surface area contributed by atoms with Crippen molar-refractivity contribution in [2.45, 2.75) is 26.7 Å². The van der Waals surface area contributed by atoms with Crippen molar-refractivity contribution in [3.63, 3.8) is 0 Å². The van der Waals surface area contributed by atoms with Crippen molar-refractivity contribution in [2.75, 3.05) is 62.3 Å². The van der Waals surface area contributed by atoms with Crippen molar-refractivity contribution in [3.8, 4) is 5.95 Å². The van der Waals surface area contributed by atoms with Gasteiger partial charge in [-0.3, -0.25) is 9.36 Å². The smallest absolute Gasteiger partial charge is 0.296 e. The fourth-order valence-corrected chi connectivity index (χ4v) is 4.15. The Morgan fingerprint density at radius 2 is 1.51 bits per heavy atom. The topological polar surface area (TPSA) is 92.5 Å². The largest absolute Gasteiger partial charge is 0.378 e. The summed E-state index contributed by atoms with van der Waals surface area (Å²) in [6.07, 6.45) is -0.267. The quantitative estimate of drug-likeness (QED) is 0.480. The van der Waals surface area contributed by atoms with Crippen molar-refractivity contribution in [1.82, 2.24) is 29.4 Å². The van der Waals surface area contributed by atoms with Crippen molar-refractivity contribution in [3.05, 3.63) is 42.7 Å². The molecule has 4 heterocycles. The molecule has 0 radical (unpaired) electrons. The Morgan fingerprint density at radius 1 is 0.946 bits per heavy atom. The Bertz CT molecular complexity index is 1220. The van der Waals surface area contributed by atoms with Crippen LogP contribution in [0.3, 0.4) is 0 Å². The molecule has 10 nitrogen and oxygen atoms in total. The molecule has 0 spiro atoms. The van der Waals surface area contributed by atoms with Crippen molar-refractivity contribution >= 4 is 28.8 Å². The first kappa shape index (κ1) is 26.4. The van der Waals surface area contributed by atoms with E-state index < -0.39 is 12.2 Å². The van der Waals surface area contributed by atoms with Gasteiger partial charge in [0, 0.05) is 39.3 Å². The minimum absolute atomic E-state index is 0.0834. The van der Waals surface area contributed by atoms with Crippen LogP contribution in [0, 0.1) is 0 Å². The normalized spacial score (nSPS) is 16.1. The lowest BCUT2D eigenvalue weighted by Gasteiger charge is -2.35. The molecule has 1 amide bonds. The fraction of sp³-hybridized carbons (Fsp3) is 0.480. The Hall–Kier alpha value is -3.67. The number of imidazole rings is 1. The Balaban J connectivity index is 0.00000102. The van der Waals surface area contributed by atoms with E-state index >= 15 is 0 Å². The van der Waals surface area contributed by atoms with Crippen molar-refractivity contribution < 1.29 is 18.3 Å². The number of hydrogen-bond acceptors (Lipinski definition) is 8. The monoisotopic (exact) mass is 514 g/mol. The molecule has 0 atom stereocenters. The van der Waals surface area contributed by atoms with Gasteiger partial charge in [0.2, 0.25) is 23.8 Å². The number of amides is 1. The molecule has 0 bridgehead atoms. The van der Waals surface area contributed by atoms with Crippen LogP contribution < -0.4 is 9.80 Å². The van der Waals surface area contributed by atoms with Gasteiger partial charge in [-0.1, -0.05) is 39.0 Å². The zero-order chi connectivity index (χ0) is 26.4. The first-order chi connectivity index (χ1) is 18.0. The van der Waals surface area contributed by atoms with Crippen LogP contribution in [-0.4, -0.2) is 87.8 Å². The van der Waals surface area contributed by atoms with Crippen LogP contribution in [0.4, 0.5) is 20.7 Å². The lowest BCUT2D eigenvalue weighted by Crippen LogP contribution is -2.49. The highest BCUT2D eigenvalue weighted by atomic mass is 19.3. The molecule has 3 aromatic rings. The van der Waals surface area contributed by atoms with E-state index in [0.717, 1.165) is 0 Å². The van der Waals surface area contributed by atoms with E-state index in [-0.39, 0.29) is 11.9 Å². The number of aromatic nitrogens is 5. The Morgan fingerprint density at radius 3 is 2.11 bits per heavy atom. The van der Waals surface area contributed by atoms with Gasteiger partial charge < -0.3 is 19.4 Å². The molecule has 2 aliphatic heterocycles. The summed E-state index contributed by atoms with van der Waals surface area (Å²) in [4.78, 5) is 35.5. The number of para-hydroxylation sites is 2. The SMILES string of the molecule is C=CC(=O)N1CCN(c2nc(N3CCOCC3)nc(-n3c(C(F)F)nc4ccccc43)n2)CC1.CCC. The van der Waals surface area contributed by atoms with Gasteiger partial charge in [0.15, 0.2) is 5.82 Å². The molecule has 198 valence electrons. The first-order valence-corrected chi connectivity index (χ1v) is 12.5. The molecule has 0 N–H and O–H groups in total. The van der Waals surface area contributed by atoms with Gasteiger partial charge >= 0.3 is 0 Å². The number of ether oxygens (including phenoxy) is 1. The number of benzene rings is 1. The van der Waals surface area contributed by atoms with E-state index in [4.69, 9.17) is 4.74 Å². The number of piperazine rings is 1. The number of carbonyl (C=O) groups is 1. The molecule has 2 saturated heterocycles. The van der Waals surface area contributed by atoms with Crippen LogP contribution >= 0.6 is 0 Å². The molecular weight excluding hydrogens is 482 g/mol. The third-order valence-corrected chi connectivity index (χ3v) is 5.92. The maximum absolute atomic E-state index is 14.0. The molecule has 0 unspecified atom stereocenters. The summed E-state index contributed by atoms with van der Waals surface area (Å²) >= 11 is 0. The molecule has 0 aliphatic carbocycles. The zero-order valence-electron chi connectivity index (χ0n) is 21.2. The van der Waals surface area contributed by atoms with Crippen molar-refractivity contribution in [1.29, 1.82) is 0 Å². The molecule has 2 fully saturated rings. The second-order valence-corrected chi connectivity index (χ2v) is 8.65. The molecule has 37 heavy (non-hydrogen) atoms. The Labute approximate surface area is 214 Å². The summed E-state index contributed by atoms with van der Waals surface area (Å²) in [6, 6.07) is 6.90. The summed E-state index contributed by atoms with van der Waals surface area (Å²) in [5.74, 6) is 0.297. The highest BCUT2D eigenvalue weighted by Crippen LogP contribution is 2.28. The lowest BCUT2D eigenvalue weighted by atomic mass is 10.3. The van der Waals surface area contributed by atoms with Crippen LogP contribution in [0.1, 0.15) is 32.5 Å². The predicted molar refractivity (Wildman–Crippen MR) is 137 cm³/mol. The van der Waals surface area contributed by atoms with Gasteiger partial charge in [-0.05, 0) is 18.2 Å². The van der Waals surface area contributed by atoms with Gasteiger partial charge in [-0.15, -0.1) is 0 Å². The maximum atomic E-state index is 14.0. The average Bonchev–Trinajstić information content (AvgIpc) is 3.34. The summed E-state index contributed by atoms with van der Waals surface area (Å²) < 4.78 is 34.7. The van der Waals surface area contributed by atoms with Gasteiger partial charge in [0.1, 0.15) is 0 Å². The van der Waals surface area contributed by atoms with Gasteiger partial charge in [-0.2, -0.15) is 15.0 Å². The molecule has 0 saturated carbocycles. The third kappa shape index (κ3) is 5.85. The summed E-state index contributed by atoms with van der Waals surface area (Å²) in [6.45, 7) is 12.0. The molecule has 2 aliphatic rings. The second kappa shape index (κ2) is 12.0. The summed E-state index contributed by atoms with van der Waals surface area (Å²) in [5.41, 5.74) is 0.925. The maximum Gasteiger partial charge on any atom is 0.296 e. The van der Waals surface area contributed by atoms with Crippen LogP contribution in [0.25, 0.3) is 17.0 Å². The minimum Gasteiger partial charge on any atom is -0.378 e. The van der Waals surface area contributed by atoms with E-state index in [1.165, 1.54) is 17.1 Å². The molecule has 2 aromatic heterocycles. The number of carbonyl (C=O) groups excluding carboxylic acids is 1. The van der Waals surface area contributed by atoms with Crippen LogP contribution in [0.5, 0.6) is 0 Å². The number of hydrogen-bond donors (Lipinski definition) is 0. The zero-order valence-corrected chi connectivity index (χ0v) is 21.2. The van der Waals surface area contributed by atoms with E-state index in [2.05, 4.69) is 40.4 Å². The lowest BCUT2D eigenvalue weighted by molar-refractivity contribution is -0.126. The number of anilines is 2. The number of alkyl halides is 2. The van der Waals surface area contributed by atoms with Gasteiger partial charge in [0.05, 0.1) is 24.2 Å². The predicted octanol–water partition coefficient (Wildman–Crippen LogP) is 3.24. The van der Waals surface area contributed by atoms with Crippen molar-refractivity contribution in [2.24, 2.45) is 0 Å². The average molecular weight is 515 g/mol. The second-order valence-electron chi connectivity index (χ2n) is 8.65. The molecule has 1 aromatic carbocycles. The molecular formula is C25H32F2N8O2. The molecule has 12 heteroatoms.